The van der Waals surface area contributed by atoms with Gasteiger partial charge in [-0.1, -0.05) is 12.1 Å². The van der Waals surface area contributed by atoms with Gasteiger partial charge in [-0.05, 0) is 53.4 Å². The van der Waals surface area contributed by atoms with E-state index in [1.165, 1.54) is 12.0 Å². The Bertz CT molecular complexity index is 728. The Morgan fingerprint density at radius 2 is 1.91 bits per heavy atom. The molecule has 0 aliphatic carbocycles. The Labute approximate surface area is 130 Å². The molecule has 116 valence electrons. The van der Waals surface area contributed by atoms with Crippen molar-refractivity contribution in [2.24, 2.45) is 0 Å². The first-order valence-electron chi connectivity index (χ1n) is 7.82. The molecule has 1 saturated heterocycles. The highest BCUT2D eigenvalue weighted by Gasteiger charge is 2.37. The summed E-state index contributed by atoms with van der Waals surface area (Å²) in [6, 6.07) is 8.50. The molecule has 2 aliphatic rings. The number of methoxy groups -OCH3 is 2. The van der Waals surface area contributed by atoms with Crippen LogP contribution < -0.4 is 9.47 Å². The highest BCUT2D eigenvalue weighted by Crippen LogP contribution is 2.43. The van der Waals surface area contributed by atoms with Crippen molar-refractivity contribution in [3.8, 4) is 11.5 Å². The van der Waals surface area contributed by atoms with Crippen molar-refractivity contribution < 1.29 is 14.6 Å². The van der Waals surface area contributed by atoms with Gasteiger partial charge in [0.05, 0.1) is 20.3 Å². The molecule has 0 saturated carbocycles. The zero-order chi connectivity index (χ0) is 15.3. The molecule has 2 heterocycles. The van der Waals surface area contributed by atoms with Crippen LogP contribution in [0.15, 0.2) is 24.3 Å². The summed E-state index contributed by atoms with van der Waals surface area (Å²) in [5, 5.41) is 13.1. The summed E-state index contributed by atoms with van der Waals surface area (Å²) in [5.41, 5.74) is 2.30. The van der Waals surface area contributed by atoms with Gasteiger partial charge in [-0.15, -0.1) is 0 Å². The lowest BCUT2D eigenvalue weighted by molar-refractivity contribution is 0.0546. The number of hydrogen-bond acceptors (Lipinski definition) is 4. The van der Waals surface area contributed by atoms with E-state index in [2.05, 4.69) is 17.0 Å². The summed E-state index contributed by atoms with van der Waals surface area (Å²) >= 11 is 0. The third kappa shape index (κ3) is 1.91. The third-order valence-electron chi connectivity index (χ3n) is 5.10. The summed E-state index contributed by atoms with van der Waals surface area (Å²) in [6.07, 6.45) is 1.82. The first-order valence-corrected chi connectivity index (χ1v) is 7.82. The van der Waals surface area contributed by atoms with Gasteiger partial charge in [0.2, 0.25) is 0 Å². The number of aliphatic hydroxyl groups excluding tert-OH is 1. The van der Waals surface area contributed by atoms with E-state index < -0.39 is 6.10 Å². The van der Waals surface area contributed by atoms with Crippen molar-refractivity contribution in [1.82, 2.24) is 4.90 Å². The minimum absolute atomic E-state index is 0.256. The van der Waals surface area contributed by atoms with Crippen LogP contribution >= 0.6 is 0 Å². The van der Waals surface area contributed by atoms with Gasteiger partial charge in [0.1, 0.15) is 0 Å². The van der Waals surface area contributed by atoms with Crippen LogP contribution in [0.2, 0.25) is 0 Å². The molecule has 0 bridgehead atoms. The van der Waals surface area contributed by atoms with E-state index in [0.717, 1.165) is 41.6 Å². The molecule has 2 aromatic carbocycles. The second kappa shape index (κ2) is 5.14. The monoisotopic (exact) mass is 299 g/mol. The van der Waals surface area contributed by atoms with Crippen LogP contribution in [0.5, 0.6) is 11.5 Å². The molecule has 0 spiro atoms. The van der Waals surface area contributed by atoms with E-state index >= 15 is 0 Å². The molecule has 0 aromatic heterocycles. The molecular formula is C18H21NO3. The van der Waals surface area contributed by atoms with Gasteiger partial charge >= 0.3 is 0 Å². The quantitative estimate of drug-likeness (QED) is 0.926. The predicted molar refractivity (Wildman–Crippen MR) is 85.4 cm³/mol. The first-order chi connectivity index (χ1) is 10.7. The molecule has 0 amide bonds. The molecule has 2 aromatic rings. The smallest absolute Gasteiger partial charge is 0.161 e. The molecule has 2 atom stereocenters. The largest absolute Gasteiger partial charge is 0.493 e. The molecule has 0 radical (unpaired) electrons. The number of benzene rings is 2. The van der Waals surface area contributed by atoms with Crippen LogP contribution in [-0.4, -0.2) is 36.8 Å². The van der Waals surface area contributed by atoms with Crippen LogP contribution in [-0.2, 0) is 6.54 Å². The van der Waals surface area contributed by atoms with Crippen LogP contribution in [0.4, 0.5) is 0 Å². The van der Waals surface area contributed by atoms with Crippen molar-refractivity contribution in [2.75, 3.05) is 20.8 Å². The van der Waals surface area contributed by atoms with Crippen LogP contribution in [0.1, 0.15) is 30.1 Å². The molecule has 1 fully saturated rings. The lowest BCUT2D eigenvalue weighted by Crippen LogP contribution is -2.38. The Hall–Kier alpha value is -1.78. The number of rotatable bonds is 2. The van der Waals surface area contributed by atoms with Gasteiger partial charge in [0.15, 0.2) is 11.5 Å². The summed E-state index contributed by atoms with van der Waals surface area (Å²) in [5.74, 6) is 1.44. The second-order valence-corrected chi connectivity index (χ2v) is 6.19. The SMILES string of the molecule is COc1cc2ccc3c(c2cc1OC)[C@H](O)[C@@H]1CCCN1C3. The van der Waals surface area contributed by atoms with Crippen molar-refractivity contribution in [1.29, 1.82) is 0 Å². The molecule has 4 heteroatoms. The van der Waals surface area contributed by atoms with Crippen LogP contribution in [0.25, 0.3) is 10.8 Å². The number of fused-ring (bicyclic) bond motifs is 4. The maximum Gasteiger partial charge on any atom is 0.161 e. The predicted octanol–water partition coefficient (Wildman–Crippen LogP) is 2.87. The minimum atomic E-state index is -0.423. The van der Waals surface area contributed by atoms with Gasteiger partial charge in [-0.2, -0.15) is 0 Å². The number of hydrogen-bond donors (Lipinski definition) is 1. The van der Waals surface area contributed by atoms with E-state index in [1.54, 1.807) is 14.2 Å². The molecule has 4 nitrogen and oxygen atoms in total. The normalized spacial score (nSPS) is 24.1. The molecule has 0 unspecified atom stereocenters. The van der Waals surface area contributed by atoms with Crippen LogP contribution in [0.3, 0.4) is 0 Å². The Kier molecular flexibility index (Phi) is 3.24. The zero-order valence-corrected chi connectivity index (χ0v) is 13.0. The lowest BCUT2D eigenvalue weighted by atomic mass is 9.87. The van der Waals surface area contributed by atoms with Crippen molar-refractivity contribution in [3.63, 3.8) is 0 Å². The third-order valence-corrected chi connectivity index (χ3v) is 5.10. The van der Waals surface area contributed by atoms with E-state index in [4.69, 9.17) is 9.47 Å². The summed E-state index contributed by atoms with van der Waals surface area (Å²) in [6.45, 7) is 2.02. The van der Waals surface area contributed by atoms with E-state index in [-0.39, 0.29) is 6.04 Å². The van der Waals surface area contributed by atoms with Gasteiger partial charge in [0.25, 0.3) is 0 Å². The molecule has 2 aliphatic heterocycles. The second-order valence-electron chi connectivity index (χ2n) is 6.19. The van der Waals surface area contributed by atoms with Gasteiger partial charge in [0, 0.05) is 12.6 Å². The average Bonchev–Trinajstić information content (AvgIpc) is 3.01. The van der Waals surface area contributed by atoms with Crippen molar-refractivity contribution in [3.05, 3.63) is 35.4 Å². The van der Waals surface area contributed by atoms with Crippen molar-refractivity contribution in [2.45, 2.75) is 31.5 Å². The van der Waals surface area contributed by atoms with Gasteiger partial charge in [-0.3, -0.25) is 4.90 Å². The fourth-order valence-corrected chi connectivity index (χ4v) is 4.02. The van der Waals surface area contributed by atoms with E-state index in [9.17, 15) is 5.11 Å². The van der Waals surface area contributed by atoms with Gasteiger partial charge in [-0.25, -0.2) is 0 Å². The van der Waals surface area contributed by atoms with Gasteiger partial charge < -0.3 is 14.6 Å². The van der Waals surface area contributed by atoms with Crippen molar-refractivity contribution >= 4 is 10.8 Å². The fraction of sp³-hybridized carbons (Fsp3) is 0.444. The summed E-state index contributed by atoms with van der Waals surface area (Å²) in [4.78, 5) is 2.40. The number of nitrogens with zero attached hydrogens (tertiary/aromatic N) is 1. The minimum Gasteiger partial charge on any atom is -0.493 e. The molecule has 4 rings (SSSR count). The summed E-state index contributed by atoms with van der Waals surface area (Å²) in [7, 11) is 3.29. The highest BCUT2D eigenvalue weighted by atomic mass is 16.5. The molecular weight excluding hydrogens is 278 g/mol. The Morgan fingerprint density at radius 3 is 2.68 bits per heavy atom. The molecule has 1 N–H and O–H groups in total. The standard InChI is InChI=1S/C18H21NO3/c1-21-15-8-11-5-6-12-10-19-7-3-4-14(19)18(20)17(12)13(11)9-16(15)22-2/h5-6,8-9,14,18,20H,3-4,7,10H2,1-2H3/t14-,18+/m0/s1. The number of ether oxygens (including phenoxy) is 2. The first kappa shape index (κ1) is 13.9. The average molecular weight is 299 g/mol. The Balaban J connectivity index is 1.94. The van der Waals surface area contributed by atoms with E-state index in [1.807, 2.05) is 12.1 Å². The van der Waals surface area contributed by atoms with Crippen LogP contribution in [0, 0.1) is 0 Å². The number of aliphatic hydroxyl groups is 1. The maximum atomic E-state index is 10.9. The zero-order valence-electron chi connectivity index (χ0n) is 13.0. The summed E-state index contributed by atoms with van der Waals surface area (Å²) < 4.78 is 10.8. The highest BCUT2D eigenvalue weighted by molar-refractivity contribution is 5.90. The van der Waals surface area contributed by atoms with E-state index in [0.29, 0.717) is 5.75 Å². The maximum absolute atomic E-state index is 10.9. The topological polar surface area (TPSA) is 41.9 Å². The molecule has 22 heavy (non-hydrogen) atoms. The fourth-order valence-electron chi connectivity index (χ4n) is 4.02. The lowest BCUT2D eigenvalue weighted by Gasteiger charge is -2.36. The Morgan fingerprint density at radius 1 is 1.14 bits per heavy atom.